The number of aromatic amines is 1. The summed E-state index contributed by atoms with van der Waals surface area (Å²) in [6.45, 7) is 0. The molecule has 1 aliphatic rings. The van der Waals surface area contributed by atoms with Crippen molar-refractivity contribution in [3.8, 4) is 10.6 Å². The summed E-state index contributed by atoms with van der Waals surface area (Å²) in [6, 6.07) is 16.3. The molecular formula is C21H17N3OS. The van der Waals surface area contributed by atoms with Crippen LogP contribution in [0, 0.1) is 5.92 Å². The van der Waals surface area contributed by atoms with Gasteiger partial charge in [-0.2, -0.15) is 5.10 Å². The van der Waals surface area contributed by atoms with Crippen LogP contribution in [0.25, 0.3) is 31.6 Å². The molecule has 0 saturated heterocycles. The van der Waals surface area contributed by atoms with E-state index in [0.717, 1.165) is 27.2 Å². The molecule has 0 bridgehead atoms. The van der Waals surface area contributed by atoms with E-state index in [2.05, 4.69) is 33.7 Å². The maximum absolute atomic E-state index is 12.1. The smallest absolute Gasteiger partial charge is 0.248 e. The second-order valence-electron chi connectivity index (χ2n) is 6.67. The largest absolute Gasteiger partial charge is 0.322 e. The summed E-state index contributed by atoms with van der Waals surface area (Å²) in [5.74, 6) is 0.514. The monoisotopic (exact) mass is 359 g/mol. The second-order valence-corrected chi connectivity index (χ2v) is 7.75. The van der Waals surface area contributed by atoms with E-state index in [0.29, 0.717) is 5.92 Å². The highest BCUT2D eigenvalue weighted by molar-refractivity contribution is 7.22. The van der Waals surface area contributed by atoms with Crippen LogP contribution >= 0.6 is 11.3 Å². The summed E-state index contributed by atoms with van der Waals surface area (Å²) < 4.78 is 1.24. The number of thiophene rings is 1. The normalized spacial score (nSPS) is 14.5. The number of nitrogens with one attached hydrogen (secondary N) is 2. The molecule has 5 heteroatoms. The van der Waals surface area contributed by atoms with Gasteiger partial charge in [0.15, 0.2) is 0 Å². The molecule has 2 aromatic carbocycles. The highest BCUT2D eigenvalue weighted by Gasteiger charge is 2.17. The number of hydrogen-bond donors (Lipinski definition) is 2. The first kappa shape index (κ1) is 15.3. The second kappa shape index (κ2) is 6.11. The number of rotatable bonds is 4. The average molecular weight is 359 g/mol. The van der Waals surface area contributed by atoms with Crippen molar-refractivity contribution in [2.75, 3.05) is 5.32 Å². The third-order valence-electron chi connectivity index (χ3n) is 4.63. The molecule has 1 aliphatic carbocycles. The van der Waals surface area contributed by atoms with Crippen molar-refractivity contribution >= 4 is 43.9 Å². The first-order valence-corrected chi connectivity index (χ1v) is 9.54. The van der Waals surface area contributed by atoms with Crippen molar-refractivity contribution in [3.05, 3.63) is 60.7 Å². The van der Waals surface area contributed by atoms with Crippen LogP contribution in [-0.4, -0.2) is 16.1 Å². The van der Waals surface area contributed by atoms with Gasteiger partial charge in [0.25, 0.3) is 0 Å². The Morgan fingerprint density at radius 3 is 2.92 bits per heavy atom. The lowest BCUT2D eigenvalue weighted by molar-refractivity contribution is -0.111. The molecular weight excluding hydrogens is 342 g/mol. The maximum Gasteiger partial charge on any atom is 0.248 e. The number of hydrogen-bond acceptors (Lipinski definition) is 3. The third kappa shape index (κ3) is 2.91. The van der Waals surface area contributed by atoms with Gasteiger partial charge in [0.05, 0.1) is 10.4 Å². The van der Waals surface area contributed by atoms with Gasteiger partial charge in [-0.25, -0.2) is 0 Å². The highest BCUT2D eigenvalue weighted by atomic mass is 32.1. The van der Waals surface area contributed by atoms with Crippen molar-refractivity contribution in [3.63, 3.8) is 0 Å². The minimum atomic E-state index is -0.0804. The van der Waals surface area contributed by atoms with Gasteiger partial charge >= 0.3 is 0 Å². The maximum atomic E-state index is 12.1. The summed E-state index contributed by atoms with van der Waals surface area (Å²) >= 11 is 1.73. The van der Waals surface area contributed by atoms with E-state index < -0.39 is 0 Å². The van der Waals surface area contributed by atoms with Gasteiger partial charge in [-0.3, -0.25) is 9.89 Å². The van der Waals surface area contributed by atoms with E-state index in [4.69, 9.17) is 0 Å². The molecule has 1 amide bonds. The molecule has 2 aromatic heterocycles. The number of carbonyl (C=O) groups is 1. The minimum Gasteiger partial charge on any atom is -0.322 e. The van der Waals surface area contributed by atoms with E-state index in [1.165, 1.54) is 22.9 Å². The summed E-state index contributed by atoms with van der Waals surface area (Å²) in [5, 5.41) is 12.8. The van der Waals surface area contributed by atoms with Crippen molar-refractivity contribution in [2.24, 2.45) is 5.92 Å². The lowest BCUT2D eigenvalue weighted by Gasteiger charge is -2.02. The van der Waals surface area contributed by atoms with Crippen LogP contribution < -0.4 is 5.32 Å². The zero-order chi connectivity index (χ0) is 17.5. The van der Waals surface area contributed by atoms with Crippen LogP contribution in [-0.2, 0) is 4.79 Å². The van der Waals surface area contributed by atoms with Crippen LogP contribution in [0.2, 0.25) is 0 Å². The number of nitrogens with zero attached hydrogens (tertiary/aromatic N) is 1. The number of aromatic nitrogens is 2. The van der Waals surface area contributed by atoms with Crippen LogP contribution in [0.4, 0.5) is 5.69 Å². The van der Waals surface area contributed by atoms with Gasteiger partial charge in [0, 0.05) is 15.8 Å². The molecule has 0 radical (unpaired) electrons. The van der Waals surface area contributed by atoms with E-state index in [9.17, 15) is 4.79 Å². The number of H-pyrrole nitrogens is 1. The van der Waals surface area contributed by atoms with Crippen LogP contribution in [0.1, 0.15) is 12.8 Å². The van der Waals surface area contributed by atoms with Gasteiger partial charge in [-0.1, -0.05) is 24.3 Å². The Morgan fingerprint density at radius 2 is 2.08 bits per heavy atom. The highest BCUT2D eigenvalue weighted by Crippen LogP contribution is 2.36. The lowest BCUT2D eigenvalue weighted by Crippen LogP contribution is -2.07. The fourth-order valence-corrected chi connectivity index (χ4v) is 4.14. The Kier molecular flexibility index (Phi) is 3.60. The molecule has 0 unspecified atom stereocenters. The number of carbonyl (C=O) groups excluding carboxylic acids is 1. The van der Waals surface area contributed by atoms with Crippen molar-refractivity contribution in [1.82, 2.24) is 10.2 Å². The Morgan fingerprint density at radius 1 is 1.19 bits per heavy atom. The standard InChI is InChI=1S/C21H17N3OS/c25-20(10-7-13-5-6-13)22-15-8-9-17-16(12-15)21(24-23-17)19-11-14-3-1-2-4-18(14)26-19/h1-4,7-13H,5-6H2,(H,22,25)(H,23,24)/b10-7+. The lowest BCUT2D eigenvalue weighted by atomic mass is 10.1. The summed E-state index contributed by atoms with van der Waals surface area (Å²) in [4.78, 5) is 13.2. The topological polar surface area (TPSA) is 57.8 Å². The van der Waals surface area contributed by atoms with E-state index in [1.54, 1.807) is 17.4 Å². The SMILES string of the molecule is O=C(/C=C/C1CC1)Nc1ccc2[nH]nc(-c3cc4ccccc4s3)c2c1. The Balaban J connectivity index is 1.49. The van der Waals surface area contributed by atoms with Crippen molar-refractivity contribution < 1.29 is 4.79 Å². The van der Waals surface area contributed by atoms with Gasteiger partial charge < -0.3 is 5.32 Å². The first-order valence-electron chi connectivity index (χ1n) is 8.72. The van der Waals surface area contributed by atoms with Crippen LogP contribution in [0.15, 0.2) is 60.7 Å². The van der Waals surface area contributed by atoms with E-state index >= 15 is 0 Å². The molecule has 2 heterocycles. The number of allylic oxidation sites excluding steroid dienone is 1. The zero-order valence-corrected chi connectivity index (χ0v) is 14.8. The van der Waals surface area contributed by atoms with Crippen molar-refractivity contribution in [1.29, 1.82) is 0 Å². The molecule has 128 valence electrons. The average Bonchev–Trinajstić information content (AvgIpc) is 3.23. The van der Waals surface area contributed by atoms with Gasteiger partial charge in [0.2, 0.25) is 5.91 Å². The van der Waals surface area contributed by atoms with Crippen molar-refractivity contribution in [2.45, 2.75) is 12.8 Å². The van der Waals surface area contributed by atoms with E-state index in [1.807, 2.05) is 36.4 Å². The number of anilines is 1. The molecule has 4 aromatic rings. The molecule has 1 saturated carbocycles. The predicted octanol–water partition coefficient (Wildman–Crippen LogP) is 5.35. The molecule has 4 nitrogen and oxygen atoms in total. The third-order valence-corrected chi connectivity index (χ3v) is 5.75. The predicted molar refractivity (Wildman–Crippen MR) is 107 cm³/mol. The molecule has 26 heavy (non-hydrogen) atoms. The molecule has 1 fully saturated rings. The Labute approximate surface area is 154 Å². The van der Waals surface area contributed by atoms with Gasteiger partial charge in [0.1, 0.15) is 5.69 Å². The molecule has 0 atom stereocenters. The number of benzene rings is 2. The number of fused-ring (bicyclic) bond motifs is 2. The van der Waals surface area contributed by atoms with Crippen LogP contribution in [0.5, 0.6) is 0 Å². The van der Waals surface area contributed by atoms with Gasteiger partial charge in [-0.15, -0.1) is 11.3 Å². The van der Waals surface area contributed by atoms with Gasteiger partial charge in [-0.05, 0) is 60.6 Å². The summed E-state index contributed by atoms with van der Waals surface area (Å²) in [7, 11) is 0. The Bertz CT molecular complexity index is 1120. The summed E-state index contributed by atoms with van der Waals surface area (Å²) in [5.41, 5.74) is 2.67. The fourth-order valence-electron chi connectivity index (χ4n) is 3.07. The molecule has 0 aliphatic heterocycles. The van der Waals surface area contributed by atoms with E-state index in [-0.39, 0.29) is 5.91 Å². The minimum absolute atomic E-state index is 0.0804. The molecule has 5 rings (SSSR count). The molecule has 2 N–H and O–H groups in total. The zero-order valence-electron chi connectivity index (χ0n) is 14.0. The fraction of sp³-hybridized carbons (Fsp3) is 0.143. The number of amides is 1. The van der Waals surface area contributed by atoms with Crippen LogP contribution in [0.3, 0.4) is 0 Å². The molecule has 0 spiro atoms. The first-order chi connectivity index (χ1) is 12.8. The Hall–Kier alpha value is -2.92. The summed E-state index contributed by atoms with van der Waals surface area (Å²) in [6.07, 6.45) is 6.03. The quantitative estimate of drug-likeness (QED) is 0.483.